The molecule has 0 heterocycles. The van der Waals surface area contributed by atoms with Crippen LogP contribution in [0.5, 0.6) is 5.75 Å². The Labute approximate surface area is 160 Å². The minimum absolute atomic E-state index is 0.00697. The zero-order valence-electron chi connectivity index (χ0n) is 15.5. The third-order valence-electron chi connectivity index (χ3n) is 3.76. The van der Waals surface area contributed by atoms with Crippen molar-refractivity contribution in [3.8, 4) is 5.75 Å². The van der Waals surface area contributed by atoms with Crippen LogP contribution in [0.15, 0.2) is 36.4 Å². The molecule has 8 nitrogen and oxygen atoms in total. The molecule has 1 N–H and O–H groups in total. The Hall–Kier alpha value is -3.49. The van der Waals surface area contributed by atoms with E-state index in [0.717, 1.165) is 29.3 Å². The molecule has 0 aliphatic carbocycles. The molecule has 2 aromatic rings. The molecule has 0 bridgehead atoms. The Morgan fingerprint density at radius 1 is 1.21 bits per heavy atom. The number of nitro groups is 1. The molecule has 0 fully saturated rings. The number of rotatable bonds is 7. The van der Waals surface area contributed by atoms with Crippen LogP contribution in [-0.2, 0) is 14.3 Å². The van der Waals surface area contributed by atoms with Crippen LogP contribution in [0, 0.1) is 29.8 Å². The number of benzene rings is 2. The molecule has 28 heavy (non-hydrogen) atoms. The van der Waals surface area contributed by atoms with Crippen LogP contribution in [0.3, 0.4) is 0 Å². The predicted molar refractivity (Wildman–Crippen MR) is 98.6 cm³/mol. The summed E-state index contributed by atoms with van der Waals surface area (Å²) in [6.45, 7) is 4.72. The van der Waals surface area contributed by atoms with Gasteiger partial charge in [-0.2, -0.15) is 4.39 Å². The molecule has 1 atom stereocenters. The number of aryl methyl sites for hydroxylation is 2. The summed E-state index contributed by atoms with van der Waals surface area (Å²) >= 11 is 0. The van der Waals surface area contributed by atoms with Gasteiger partial charge in [0.15, 0.2) is 12.7 Å². The largest absolute Gasteiger partial charge is 0.482 e. The van der Waals surface area contributed by atoms with Crippen molar-refractivity contribution in [3.05, 3.63) is 63.5 Å². The van der Waals surface area contributed by atoms with E-state index in [-0.39, 0.29) is 12.3 Å². The Morgan fingerprint density at radius 3 is 2.57 bits per heavy atom. The topological polar surface area (TPSA) is 108 Å². The number of halogens is 1. The highest BCUT2D eigenvalue weighted by Gasteiger charge is 2.20. The number of anilines is 1. The first-order valence-corrected chi connectivity index (χ1v) is 8.31. The number of ether oxygens (including phenoxy) is 2. The quantitative estimate of drug-likeness (QED) is 0.441. The van der Waals surface area contributed by atoms with Crippen molar-refractivity contribution < 1.29 is 28.4 Å². The first-order valence-electron chi connectivity index (χ1n) is 8.31. The highest BCUT2D eigenvalue weighted by molar-refractivity contribution is 5.95. The molecule has 148 valence electrons. The lowest BCUT2D eigenvalue weighted by Crippen LogP contribution is -2.31. The Balaban J connectivity index is 1.90. The summed E-state index contributed by atoms with van der Waals surface area (Å²) in [4.78, 5) is 33.8. The Kier molecular flexibility index (Phi) is 6.64. The zero-order chi connectivity index (χ0) is 20.8. The van der Waals surface area contributed by atoms with Gasteiger partial charge in [0.25, 0.3) is 5.91 Å². The van der Waals surface area contributed by atoms with Crippen molar-refractivity contribution in [3.63, 3.8) is 0 Å². The number of carbonyl (C=O) groups is 2. The standard InChI is InChI=1S/C19H19FN2O6/c1-11-4-7-17(12(2)8-11)27-10-18(23)28-13(3)19(24)21-14-5-6-15(20)16(9-14)22(25)26/h4-9,13H,10H2,1-3H3,(H,21,24)/t13-/m1/s1. The molecule has 2 rings (SSSR count). The van der Waals surface area contributed by atoms with Crippen LogP contribution in [-0.4, -0.2) is 29.5 Å². The van der Waals surface area contributed by atoms with Gasteiger partial charge in [0.2, 0.25) is 5.82 Å². The van der Waals surface area contributed by atoms with E-state index in [2.05, 4.69) is 5.32 Å². The molecule has 0 spiro atoms. The molecule has 0 saturated heterocycles. The van der Waals surface area contributed by atoms with Crippen LogP contribution < -0.4 is 10.1 Å². The van der Waals surface area contributed by atoms with E-state index in [4.69, 9.17) is 9.47 Å². The number of nitrogens with zero attached hydrogens (tertiary/aromatic N) is 1. The van der Waals surface area contributed by atoms with Gasteiger partial charge in [0.1, 0.15) is 5.75 Å². The summed E-state index contributed by atoms with van der Waals surface area (Å²) in [6, 6.07) is 8.38. The average molecular weight is 390 g/mol. The van der Waals surface area contributed by atoms with Gasteiger partial charge in [0.05, 0.1) is 4.92 Å². The monoisotopic (exact) mass is 390 g/mol. The van der Waals surface area contributed by atoms with E-state index in [0.29, 0.717) is 5.75 Å². The molecular weight excluding hydrogens is 371 g/mol. The molecule has 2 aromatic carbocycles. The molecule has 0 aliphatic heterocycles. The minimum Gasteiger partial charge on any atom is -0.482 e. The van der Waals surface area contributed by atoms with E-state index in [1.807, 2.05) is 26.0 Å². The minimum atomic E-state index is -1.18. The van der Waals surface area contributed by atoms with Crippen molar-refractivity contribution in [2.24, 2.45) is 0 Å². The lowest BCUT2D eigenvalue weighted by Gasteiger charge is -2.14. The summed E-state index contributed by atoms with van der Waals surface area (Å²) in [6.07, 6.45) is -1.18. The second kappa shape index (κ2) is 8.94. The van der Waals surface area contributed by atoms with Crippen LogP contribution >= 0.6 is 0 Å². The fourth-order valence-corrected chi connectivity index (χ4v) is 2.36. The van der Waals surface area contributed by atoms with Gasteiger partial charge in [-0.3, -0.25) is 14.9 Å². The maximum Gasteiger partial charge on any atom is 0.344 e. The van der Waals surface area contributed by atoms with Crippen LogP contribution in [0.2, 0.25) is 0 Å². The third-order valence-corrected chi connectivity index (χ3v) is 3.76. The van der Waals surface area contributed by atoms with Crippen LogP contribution in [0.4, 0.5) is 15.8 Å². The maximum absolute atomic E-state index is 13.3. The normalized spacial score (nSPS) is 11.4. The first-order chi connectivity index (χ1) is 13.2. The molecule has 0 saturated carbocycles. The SMILES string of the molecule is Cc1ccc(OCC(=O)O[C@H](C)C(=O)Nc2ccc(F)c([N+](=O)[O-])c2)c(C)c1. The van der Waals surface area contributed by atoms with E-state index in [1.54, 1.807) is 6.07 Å². The van der Waals surface area contributed by atoms with E-state index in [9.17, 15) is 24.1 Å². The summed E-state index contributed by atoms with van der Waals surface area (Å²) in [5.74, 6) is -1.97. The van der Waals surface area contributed by atoms with Gasteiger partial charge in [0, 0.05) is 11.8 Å². The number of nitrogens with one attached hydrogen (secondary N) is 1. The third kappa shape index (κ3) is 5.50. The second-order valence-electron chi connectivity index (χ2n) is 6.10. The number of hydrogen-bond acceptors (Lipinski definition) is 6. The Bertz CT molecular complexity index is 915. The zero-order valence-corrected chi connectivity index (χ0v) is 15.5. The van der Waals surface area contributed by atoms with Crippen molar-refractivity contribution in [1.29, 1.82) is 0 Å². The maximum atomic E-state index is 13.3. The number of hydrogen-bond donors (Lipinski definition) is 1. The highest BCUT2D eigenvalue weighted by Crippen LogP contribution is 2.22. The molecule has 0 radical (unpaired) electrons. The molecule has 0 aromatic heterocycles. The Morgan fingerprint density at radius 2 is 1.93 bits per heavy atom. The van der Waals surface area contributed by atoms with Crippen molar-refractivity contribution in [2.75, 3.05) is 11.9 Å². The molecular formula is C19H19FN2O6. The molecule has 0 unspecified atom stereocenters. The van der Waals surface area contributed by atoms with E-state index in [1.165, 1.54) is 6.92 Å². The van der Waals surface area contributed by atoms with Gasteiger partial charge in [-0.25, -0.2) is 4.79 Å². The molecule has 1 amide bonds. The van der Waals surface area contributed by atoms with E-state index >= 15 is 0 Å². The highest BCUT2D eigenvalue weighted by atomic mass is 19.1. The van der Waals surface area contributed by atoms with Crippen molar-refractivity contribution >= 4 is 23.3 Å². The summed E-state index contributed by atoms with van der Waals surface area (Å²) in [5, 5.41) is 13.1. The van der Waals surface area contributed by atoms with Gasteiger partial charge in [-0.05, 0) is 44.5 Å². The smallest absolute Gasteiger partial charge is 0.344 e. The first kappa shape index (κ1) is 20.8. The lowest BCUT2D eigenvalue weighted by molar-refractivity contribution is -0.387. The number of nitro benzene ring substituents is 1. The van der Waals surface area contributed by atoms with Gasteiger partial charge in [-0.1, -0.05) is 17.7 Å². The number of amides is 1. The number of carbonyl (C=O) groups excluding carboxylic acids is 2. The summed E-state index contributed by atoms with van der Waals surface area (Å²) in [7, 11) is 0. The van der Waals surface area contributed by atoms with Crippen LogP contribution in [0.1, 0.15) is 18.1 Å². The van der Waals surface area contributed by atoms with Crippen molar-refractivity contribution in [1.82, 2.24) is 0 Å². The van der Waals surface area contributed by atoms with Gasteiger partial charge in [-0.15, -0.1) is 0 Å². The van der Waals surface area contributed by atoms with E-state index < -0.39 is 34.4 Å². The van der Waals surface area contributed by atoms with Crippen molar-refractivity contribution in [2.45, 2.75) is 26.9 Å². The lowest BCUT2D eigenvalue weighted by atomic mass is 10.1. The van der Waals surface area contributed by atoms with Crippen LogP contribution in [0.25, 0.3) is 0 Å². The molecule has 0 aliphatic rings. The number of esters is 1. The second-order valence-corrected chi connectivity index (χ2v) is 6.10. The predicted octanol–water partition coefficient (Wildman–Crippen LogP) is 3.30. The fourth-order valence-electron chi connectivity index (χ4n) is 2.36. The molecule has 9 heteroatoms. The average Bonchev–Trinajstić information content (AvgIpc) is 2.62. The fraction of sp³-hybridized carbons (Fsp3) is 0.263. The van der Waals surface area contributed by atoms with Gasteiger partial charge >= 0.3 is 11.7 Å². The summed E-state index contributed by atoms with van der Waals surface area (Å²) < 4.78 is 23.7. The summed E-state index contributed by atoms with van der Waals surface area (Å²) in [5.41, 5.74) is 1.15. The van der Waals surface area contributed by atoms with Gasteiger partial charge < -0.3 is 14.8 Å².